The summed E-state index contributed by atoms with van der Waals surface area (Å²) in [6, 6.07) is 8.00. The Morgan fingerprint density at radius 2 is 1.93 bits per heavy atom. The van der Waals surface area contributed by atoms with E-state index in [1.807, 2.05) is 24.3 Å². The van der Waals surface area contributed by atoms with Gasteiger partial charge in [-0.2, -0.15) is 0 Å². The fraction of sp³-hybridized carbons (Fsp3) is 0.250. The second kappa shape index (κ2) is 7.07. The number of carboxylic acid groups (broad SMARTS) is 1. The van der Waals surface area contributed by atoms with Gasteiger partial charge in [0.15, 0.2) is 0 Å². The minimum absolute atomic E-state index is 0. The summed E-state index contributed by atoms with van der Waals surface area (Å²) in [5, 5.41) is 8.46. The Labute approximate surface area is 96.0 Å². The van der Waals surface area contributed by atoms with Gasteiger partial charge in [0.25, 0.3) is 0 Å². The lowest BCUT2D eigenvalue weighted by atomic mass is 10.1. The molecule has 1 N–H and O–H groups in total. The molecule has 0 bridgehead atoms. The minimum atomic E-state index is -0.729. The van der Waals surface area contributed by atoms with Crippen LogP contribution in [0, 0.1) is 0 Å². The number of carbonyl (C=O) groups is 1. The number of carboxylic acids is 1. The Hall–Kier alpha value is -1.28. The predicted molar refractivity (Wildman–Crippen MR) is 64.4 cm³/mol. The van der Waals surface area contributed by atoms with Gasteiger partial charge in [-0.25, -0.2) is 0 Å². The van der Waals surface area contributed by atoms with E-state index in [-0.39, 0.29) is 18.8 Å². The number of benzene rings is 1. The summed E-state index contributed by atoms with van der Waals surface area (Å²) in [6.45, 7) is 3.67. The van der Waals surface area contributed by atoms with E-state index in [1.165, 1.54) is 5.56 Å². The molecular weight excluding hydrogens is 212 g/mol. The molecular formula is C12H15ClO2. The summed E-state index contributed by atoms with van der Waals surface area (Å²) < 4.78 is 0. The van der Waals surface area contributed by atoms with Crippen LogP contribution in [0.1, 0.15) is 24.0 Å². The number of hydrogen-bond acceptors (Lipinski definition) is 1. The van der Waals surface area contributed by atoms with Crippen molar-refractivity contribution < 1.29 is 9.90 Å². The molecule has 0 unspecified atom stereocenters. The maximum Gasteiger partial charge on any atom is 0.303 e. The van der Waals surface area contributed by atoms with Crippen molar-refractivity contribution in [3.8, 4) is 0 Å². The van der Waals surface area contributed by atoms with Crippen molar-refractivity contribution in [2.45, 2.75) is 19.3 Å². The largest absolute Gasteiger partial charge is 0.481 e. The molecule has 0 heterocycles. The highest BCUT2D eigenvalue weighted by atomic mass is 35.5. The van der Waals surface area contributed by atoms with Gasteiger partial charge in [0, 0.05) is 6.42 Å². The highest BCUT2D eigenvalue weighted by Crippen LogP contribution is 2.08. The molecule has 0 aliphatic rings. The van der Waals surface area contributed by atoms with Gasteiger partial charge in [-0.3, -0.25) is 4.79 Å². The summed E-state index contributed by atoms with van der Waals surface area (Å²) >= 11 is 0. The predicted octanol–water partition coefficient (Wildman–Crippen LogP) is 3.16. The smallest absolute Gasteiger partial charge is 0.303 e. The fourth-order valence-corrected chi connectivity index (χ4v) is 1.26. The second-order valence-electron chi connectivity index (χ2n) is 3.19. The zero-order valence-corrected chi connectivity index (χ0v) is 9.30. The summed E-state index contributed by atoms with van der Waals surface area (Å²) in [7, 11) is 0. The Bertz CT molecular complexity index is 317. The molecule has 0 aliphatic carbocycles. The molecule has 1 rings (SSSR count). The highest BCUT2D eigenvalue weighted by Gasteiger charge is 1.97. The molecule has 3 heteroatoms. The third-order valence-electron chi connectivity index (χ3n) is 2.07. The number of hydrogen-bond donors (Lipinski definition) is 1. The van der Waals surface area contributed by atoms with Crippen molar-refractivity contribution in [1.82, 2.24) is 0 Å². The molecule has 0 aromatic heterocycles. The lowest BCUT2D eigenvalue weighted by Gasteiger charge is -2.00. The van der Waals surface area contributed by atoms with Crippen LogP contribution < -0.4 is 0 Å². The average molecular weight is 227 g/mol. The quantitative estimate of drug-likeness (QED) is 0.838. The normalized spacial score (nSPS) is 9.07. The van der Waals surface area contributed by atoms with Crippen LogP contribution in [-0.4, -0.2) is 11.1 Å². The van der Waals surface area contributed by atoms with Gasteiger partial charge in [0.05, 0.1) is 0 Å². The molecule has 2 nitrogen and oxygen atoms in total. The maximum atomic E-state index is 10.3. The van der Waals surface area contributed by atoms with Gasteiger partial charge in [0.2, 0.25) is 0 Å². The molecule has 1 aromatic rings. The second-order valence-corrected chi connectivity index (χ2v) is 3.19. The van der Waals surface area contributed by atoms with Gasteiger partial charge < -0.3 is 5.11 Å². The maximum absolute atomic E-state index is 10.3. The van der Waals surface area contributed by atoms with Gasteiger partial charge in [-0.05, 0) is 24.0 Å². The molecule has 0 amide bonds. The molecule has 1 aromatic carbocycles. The molecule has 0 aliphatic heterocycles. The molecule has 82 valence electrons. The van der Waals surface area contributed by atoms with Gasteiger partial charge in [-0.1, -0.05) is 36.9 Å². The van der Waals surface area contributed by atoms with E-state index < -0.39 is 5.97 Å². The SMILES string of the molecule is C=Cc1ccc(CCCC(=O)O)cc1.Cl. The Morgan fingerprint density at radius 1 is 1.33 bits per heavy atom. The van der Waals surface area contributed by atoms with Crippen LogP contribution in [0.3, 0.4) is 0 Å². The van der Waals surface area contributed by atoms with Gasteiger partial charge >= 0.3 is 5.97 Å². The molecule has 0 radical (unpaired) electrons. The molecule has 0 saturated carbocycles. The molecule has 0 atom stereocenters. The summed E-state index contributed by atoms with van der Waals surface area (Å²) in [4.78, 5) is 10.3. The van der Waals surface area contributed by atoms with Crippen LogP contribution in [-0.2, 0) is 11.2 Å². The summed E-state index contributed by atoms with van der Waals surface area (Å²) in [5.74, 6) is -0.729. The number of aryl methyl sites for hydroxylation is 1. The van der Waals surface area contributed by atoms with E-state index in [0.29, 0.717) is 6.42 Å². The number of rotatable bonds is 5. The molecule has 0 saturated heterocycles. The standard InChI is InChI=1S/C12H14O2.ClH/c1-2-10-6-8-11(9-7-10)4-3-5-12(13)14;/h2,6-9H,1,3-5H2,(H,13,14);1H. The average Bonchev–Trinajstić information content (AvgIpc) is 2.18. The first-order valence-electron chi connectivity index (χ1n) is 4.65. The monoisotopic (exact) mass is 226 g/mol. The Kier molecular flexibility index (Phi) is 6.47. The van der Waals surface area contributed by atoms with Crippen LogP contribution in [0.2, 0.25) is 0 Å². The molecule has 0 spiro atoms. The van der Waals surface area contributed by atoms with Crippen molar-refractivity contribution in [2.24, 2.45) is 0 Å². The first-order valence-corrected chi connectivity index (χ1v) is 4.65. The van der Waals surface area contributed by atoms with Crippen LogP contribution in [0.5, 0.6) is 0 Å². The third-order valence-corrected chi connectivity index (χ3v) is 2.07. The van der Waals surface area contributed by atoms with E-state index >= 15 is 0 Å². The van der Waals surface area contributed by atoms with E-state index in [0.717, 1.165) is 12.0 Å². The van der Waals surface area contributed by atoms with E-state index in [2.05, 4.69) is 6.58 Å². The lowest BCUT2D eigenvalue weighted by molar-refractivity contribution is -0.137. The number of aliphatic carboxylic acids is 1. The van der Waals surface area contributed by atoms with Crippen LogP contribution in [0.4, 0.5) is 0 Å². The van der Waals surface area contributed by atoms with Crippen molar-refractivity contribution in [1.29, 1.82) is 0 Å². The zero-order chi connectivity index (χ0) is 10.4. The first kappa shape index (κ1) is 13.7. The van der Waals surface area contributed by atoms with Crippen molar-refractivity contribution in [3.05, 3.63) is 42.0 Å². The van der Waals surface area contributed by atoms with E-state index in [4.69, 9.17) is 5.11 Å². The molecule has 15 heavy (non-hydrogen) atoms. The van der Waals surface area contributed by atoms with Gasteiger partial charge in [0.1, 0.15) is 0 Å². The van der Waals surface area contributed by atoms with E-state index in [1.54, 1.807) is 6.08 Å². The Balaban J connectivity index is 0.00000196. The molecule has 0 fully saturated rings. The van der Waals surface area contributed by atoms with Crippen LogP contribution >= 0.6 is 12.4 Å². The third kappa shape index (κ3) is 5.23. The van der Waals surface area contributed by atoms with Crippen molar-refractivity contribution >= 4 is 24.5 Å². The highest BCUT2D eigenvalue weighted by molar-refractivity contribution is 5.85. The Morgan fingerprint density at radius 3 is 2.40 bits per heavy atom. The van der Waals surface area contributed by atoms with Gasteiger partial charge in [-0.15, -0.1) is 12.4 Å². The zero-order valence-electron chi connectivity index (χ0n) is 8.48. The summed E-state index contributed by atoms with van der Waals surface area (Å²) in [5.41, 5.74) is 2.27. The summed E-state index contributed by atoms with van der Waals surface area (Å²) in [6.07, 6.45) is 3.55. The van der Waals surface area contributed by atoms with Crippen molar-refractivity contribution in [3.63, 3.8) is 0 Å². The van der Waals surface area contributed by atoms with Crippen LogP contribution in [0.25, 0.3) is 6.08 Å². The number of halogens is 1. The van der Waals surface area contributed by atoms with E-state index in [9.17, 15) is 4.79 Å². The van der Waals surface area contributed by atoms with Crippen LogP contribution in [0.15, 0.2) is 30.8 Å². The topological polar surface area (TPSA) is 37.3 Å². The lowest BCUT2D eigenvalue weighted by Crippen LogP contribution is -1.95. The van der Waals surface area contributed by atoms with Crippen molar-refractivity contribution in [2.75, 3.05) is 0 Å². The minimum Gasteiger partial charge on any atom is -0.481 e. The first-order chi connectivity index (χ1) is 6.72. The fourth-order valence-electron chi connectivity index (χ4n) is 1.26.